The Labute approximate surface area is 203 Å². The summed E-state index contributed by atoms with van der Waals surface area (Å²) < 4.78 is 10.9. The van der Waals surface area contributed by atoms with E-state index >= 15 is 0 Å². The lowest BCUT2D eigenvalue weighted by Crippen LogP contribution is -2.55. The molecule has 0 radical (unpaired) electrons. The summed E-state index contributed by atoms with van der Waals surface area (Å²) in [4.78, 5) is 35.4. The number of aliphatic imine (C=N–C) groups is 1. The summed E-state index contributed by atoms with van der Waals surface area (Å²) in [5.41, 5.74) is 3.58. The van der Waals surface area contributed by atoms with Crippen LogP contribution in [0.1, 0.15) is 38.8 Å². The van der Waals surface area contributed by atoms with Gasteiger partial charge in [-0.05, 0) is 42.3 Å². The highest BCUT2D eigenvalue weighted by Gasteiger charge is 2.43. The number of pyridine rings is 1. The maximum absolute atomic E-state index is 12.7. The van der Waals surface area contributed by atoms with Crippen LogP contribution in [-0.2, 0) is 20.9 Å². The number of esters is 1. The number of carbonyl (C=O) groups excluding carboxylic acids is 2. The van der Waals surface area contributed by atoms with Crippen molar-refractivity contribution in [1.29, 1.82) is 5.26 Å². The Kier molecular flexibility index (Phi) is 5.93. The molecular formula is C26H25N5O4. The molecule has 9 nitrogen and oxygen atoms in total. The van der Waals surface area contributed by atoms with E-state index in [0.29, 0.717) is 23.5 Å². The first kappa shape index (κ1) is 22.9. The lowest BCUT2D eigenvalue weighted by molar-refractivity contribution is -0.126. The zero-order chi connectivity index (χ0) is 24.6. The highest BCUT2D eigenvalue weighted by molar-refractivity contribution is 5.94. The Morgan fingerprint density at radius 3 is 2.91 bits per heavy atom. The zero-order valence-electron chi connectivity index (χ0n) is 19.5. The minimum absolute atomic E-state index is 0.131. The normalized spacial score (nSPS) is 25.9. The number of piperazine rings is 1. The summed E-state index contributed by atoms with van der Waals surface area (Å²) in [7, 11) is 1.56. The maximum atomic E-state index is 12.7. The standard InChI is InChI=1S/C26H25N5O4/c1-16-17(6-7-18-19(16)12-35-25(18)33)22-10-31(11-24(32)30-22)15-26(13-27)14-29-21(9-23(26)34-2)20-5-3-4-8-28-20/h3-9,14,22-23H,10-12,15H2,1-2H3,(H,30,32)/t22?,23-,26?/m1/s1. The van der Waals surface area contributed by atoms with Crippen molar-refractivity contribution in [3.8, 4) is 6.07 Å². The molecule has 0 saturated carbocycles. The molecule has 178 valence electrons. The second-order valence-electron chi connectivity index (χ2n) is 9.01. The van der Waals surface area contributed by atoms with Crippen molar-refractivity contribution in [2.75, 3.05) is 26.7 Å². The van der Waals surface area contributed by atoms with Crippen LogP contribution in [0.3, 0.4) is 0 Å². The van der Waals surface area contributed by atoms with E-state index in [-0.39, 0.29) is 37.6 Å². The molecule has 1 amide bonds. The van der Waals surface area contributed by atoms with E-state index < -0.39 is 11.5 Å². The number of hydrogen-bond acceptors (Lipinski definition) is 8. The van der Waals surface area contributed by atoms with E-state index in [2.05, 4.69) is 21.4 Å². The Morgan fingerprint density at radius 2 is 2.17 bits per heavy atom. The maximum Gasteiger partial charge on any atom is 0.338 e. The van der Waals surface area contributed by atoms with Crippen LogP contribution in [0, 0.1) is 23.7 Å². The second kappa shape index (κ2) is 9.06. The van der Waals surface area contributed by atoms with Crippen molar-refractivity contribution in [2.24, 2.45) is 10.4 Å². The van der Waals surface area contributed by atoms with Crippen LogP contribution >= 0.6 is 0 Å². The number of methoxy groups -OCH3 is 1. The van der Waals surface area contributed by atoms with Gasteiger partial charge in [-0.15, -0.1) is 0 Å². The SMILES string of the molecule is CO[C@@H]1C=C(c2ccccn2)N=CC1(C#N)CN1CC(=O)NC(c2ccc3c(c2C)COC3=O)C1. The minimum atomic E-state index is -1.07. The zero-order valence-corrected chi connectivity index (χ0v) is 19.5. The monoisotopic (exact) mass is 471 g/mol. The van der Waals surface area contributed by atoms with Crippen molar-refractivity contribution in [3.63, 3.8) is 0 Å². The summed E-state index contributed by atoms with van der Waals surface area (Å²) in [6.45, 7) is 3.12. The molecule has 3 atom stereocenters. The fraction of sp³-hybridized carbons (Fsp3) is 0.346. The smallest absolute Gasteiger partial charge is 0.338 e. The molecule has 3 aliphatic heterocycles. The van der Waals surface area contributed by atoms with Crippen LogP contribution in [0.2, 0.25) is 0 Å². The fourth-order valence-corrected chi connectivity index (χ4v) is 5.02. The number of carbonyl (C=O) groups is 2. The highest BCUT2D eigenvalue weighted by atomic mass is 16.5. The number of benzene rings is 1. The lowest BCUT2D eigenvalue weighted by Gasteiger charge is -2.40. The van der Waals surface area contributed by atoms with Crippen LogP contribution in [0.15, 0.2) is 47.6 Å². The van der Waals surface area contributed by atoms with Gasteiger partial charge in [0.15, 0.2) is 0 Å². The predicted octanol–water partition coefficient (Wildman–Crippen LogP) is 2.18. The van der Waals surface area contributed by atoms with E-state index in [1.807, 2.05) is 42.2 Å². The molecule has 1 aromatic carbocycles. The molecule has 2 unspecified atom stereocenters. The first-order chi connectivity index (χ1) is 16.9. The van der Waals surface area contributed by atoms with Crippen LogP contribution in [0.5, 0.6) is 0 Å². The largest absolute Gasteiger partial charge is 0.457 e. The molecular weight excluding hydrogens is 446 g/mol. The summed E-state index contributed by atoms with van der Waals surface area (Å²) in [6.07, 6.45) is 4.57. The number of nitrogens with one attached hydrogen (secondary N) is 1. The van der Waals surface area contributed by atoms with E-state index in [0.717, 1.165) is 16.7 Å². The van der Waals surface area contributed by atoms with E-state index in [1.54, 1.807) is 25.6 Å². The topological polar surface area (TPSA) is 117 Å². The third-order valence-electron chi connectivity index (χ3n) is 6.85. The van der Waals surface area contributed by atoms with Crippen LogP contribution in [0.4, 0.5) is 0 Å². The van der Waals surface area contributed by atoms with Crippen LogP contribution < -0.4 is 5.32 Å². The van der Waals surface area contributed by atoms with Crippen LogP contribution in [0.25, 0.3) is 5.70 Å². The molecule has 5 rings (SSSR count). The lowest BCUT2D eigenvalue weighted by atomic mass is 9.81. The van der Waals surface area contributed by atoms with Crippen molar-refractivity contribution in [3.05, 3.63) is 70.6 Å². The highest BCUT2D eigenvalue weighted by Crippen LogP contribution is 2.34. The molecule has 1 fully saturated rings. The Bertz CT molecular complexity index is 1280. The number of rotatable bonds is 5. The number of nitriles is 1. The molecule has 35 heavy (non-hydrogen) atoms. The van der Waals surface area contributed by atoms with Gasteiger partial charge in [0.2, 0.25) is 5.91 Å². The Balaban J connectivity index is 1.39. The average Bonchev–Trinajstić information content (AvgIpc) is 3.26. The van der Waals surface area contributed by atoms with Gasteiger partial charge in [0, 0.05) is 38.2 Å². The fourth-order valence-electron chi connectivity index (χ4n) is 5.02. The number of fused-ring (bicyclic) bond motifs is 1. The van der Waals surface area contributed by atoms with Gasteiger partial charge < -0.3 is 14.8 Å². The third kappa shape index (κ3) is 4.11. The molecule has 1 saturated heterocycles. The second-order valence-corrected chi connectivity index (χ2v) is 9.01. The molecule has 0 aliphatic carbocycles. The Morgan fingerprint density at radius 1 is 1.31 bits per heavy atom. The van der Waals surface area contributed by atoms with Gasteiger partial charge in [-0.3, -0.25) is 19.7 Å². The van der Waals surface area contributed by atoms with E-state index in [9.17, 15) is 14.9 Å². The molecule has 0 spiro atoms. The number of hydrogen-bond donors (Lipinski definition) is 1. The van der Waals surface area contributed by atoms with Gasteiger partial charge in [0.25, 0.3) is 0 Å². The number of nitrogens with zero attached hydrogens (tertiary/aromatic N) is 4. The average molecular weight is 472 g/mol. The molecule has 1 N–H and O–H groups in total. The molecule has 4 heterocycles. The van der Waals surface area contributed by atoms with E-state index in [4.69, 9.17) is 9.47 Å². The number of cyclic esters (lactones) is 1. The Hall–Kier alpha value is -3.87. The van der Waals surface area contributed by atoms with Gasteiger partial charge >= 0.3 is 5.97 Å². The van der Waals surface area contributed by atoms with Gasteiger partial charge in [-0.1, -0.05) is 12.1 Å². The molecule has 0 bridgehead atoms. The predicted molar refractivity (Wildman–Crippen MR) is 127 cm³/mol. The number of aromatic nitrogens is 1. The first-order valence-corrected chi connectivity index (χ1v) is 11.4. The van der Waals surface area contributed by atoms with Crippen molar-refractivity contribution >= 4 is 23.8 Å². The van der Waals surface area contributed by atoms with Crippen molar-refractivity contribution in [1.82, 2.24) is 15.2 Å². The number of amides is 1. The summed E-state index contributed by atoms with van der Waals surface area (Å²) >= 11 is 0. The van der Waals surface area contributed by atoms with Gasteiger partial charge in [0.05, 0.1) is 35.6 Å². The first-order valence-electron chi connectivity index (χ1n) is 11.4. The minimum Gasteiger partial charge on any atom is -0.457 e. The summed E-state index contributed by atoms with van der Waals surface area (Å²) in [5, 5.41) is 13.3. The summed E-state index contributed by atoms with van der Waals surface area (Å²) in [6, 6.07) is 11.3. The molecule has 3 aliphatic rings. The number of ether oxygens (including phenoxy) is 2. The van der Waals surface area contributed by atoms with Crippen molar-refractivity contribution in [2.45, 2.75) is 25.7 Å². The summed E-state index contributed by atoms with van der Waals surface area (Å²) in [5.74, 6) is -0.451. The molecule has 9 heteroatoms. The van der Waals surface area contributed by atoms with Crippen LogP contribution in [-0.4, -0.2) is 60.8 Å². The van der Waals surface area contributed by atoms with Gasteiger partial charge in [-0.2, -0.15) is 5.26 Å². The third-order valence-corrected chi connectivity index (χ3v) is 6.85. The molecule has 2 aromatic rings. The quantitative estimate of drug-likeness (QED) is 0.665. The van der Waals surface area contributed by atoms with Gasteiger partial charge in [-0.25, -0.2) is 4.79 Å². The van der Waals surface area contributed by atoms with Gasteiger partial charge in [0.1, 0.15) is 18.1 Å². The van der Waals surface area contributed by atoms with Crippen molar-refractivity contribution < 1.29 is 19.1 Å². The van der Waals surface area contributed by atoms with E-state index in [1.165, 1.54) is 0 Å². The molecule has 1 aromatic heterocycles.